The number of urea groups is 1. The van der Waals surface area contributed by atoms with Crippen molar-refractivity contribution >= 4 is 27.6 Å². The molecule has 0 spiro atoms. The van der Waals surface area contributed by atoms with Crippen molar-refractivity contribution in [3.05, 3.63) is 28.7 Å². The van der Waals surface area contributed by atoms with E-state index in [0.717, 1.165) is 16.6 Å². The summed E-state index contributed by atoms with van der Waals surface area (Å²) in [5.74, 6) is 0.601. The molecule has 16 heavy (non-hydrogen) atoms. The molecule has 0 atom stereocenters. The molecule has 0 heterocycles. The van der Waals surface area contributed by atoms with Gasteiger partial charge in [-0.1, -0.05) is 26.0 Å². The standard InChI is InChI=1S/C12H17BrN2O/c1-9(2)7-8-14-12(16)15-11-6-4-3-5-10(11)13/h3-6,9H,7-8H2,1-2H3,(H2,14,15,16). The second kappa shape index (κ2) is 6.53. The first-order chi connectivity index (χ1) is 7.59. The normalized spacial score (nSPS) is 10.2. The first-order valence-corrected chi connectivity index (χ1v) is 6.18. The summed E-state index contributed by atoms with van der Waals surface area (Å²) in [5.41, 5.74) is 0.782. The third-order valence-electron chi connectivity index (χ3n) is 2.13. The zero-order valence-corrected chi connectivity index (χ0v) is 11.2. The molecule has 88 valence electrons. The van der Waals surface area contributed by atoms with Crippen LogP contribution in [0.25, 0.3) is 0 Å². The molecule has 4 heteroatoms. The molecule has 0 aliphatic heterocycles. The van der Waals surface area contributed by atoms with Crippen molar-refractivity contribution in [2.24, 2.45) is 5.92 Å². The number of halogens is 1. The number of hydrogen-bond donors (Lipinski definition) is 2. The summed E-state index contributed by atoms with van der Waals surface area (Å²) in [6.07, 6.45) is 0.989. The van der Waals surface area contributed by atoms with Crippen LogP contribution in [0, 0.1) is 5.92 Å². The lowest BCUT2D eigenvalue weighted by atomic mass is 10.1. The van der Waals surface area contributed by atoms with Crippen LogP contribution in [-0.2, 0) is 0 Å². The lowest BCUT2D eigenvalue weighted by Crippen LogP contribution is -2.30. The van der Waals surface area contributed by atoms with Gasteiger partial charge in [0.1, 0.15) is 0 Å². The lowest BCUT2D eigenvalue weighted by Gasteiger charge is -2.09. The van der Waals surface area contributed by atoms with E-state index in [1.54, 1.807) is 0 Å². The van der Waals surface area contributed by atoms with Gasteiger partial charge in [0, 0.05) is 11.0 Å². The third kappa shape index (κ3) is 4.66. The summed E-state index contributed by atoms with van der Waals surface area (Å²) < 4.78 is 0.883. The lowest BCUT2D eigenvalue weighted by molar-refractivity contribution is 0.251. The van der Waals surface area contributed by atoms with Crippen LogP contribution in [0.4, 0.5) is 10.5 Å². The SMILES string of the molecule is CC(C)CCNC(=O)Nc1ccccc1Br. The van der Waals surface area contributed by atoms with Crippen LogP contribution in [0.3, 0.4) is 0 Å². The fourth-order valence-corrected chi connectivity index (χ4v) is 1.59. The van der Waals surface area contributed by atoms with Crippen LogP contribution in [0.2, 0.25) is 0 Å². The largest absolute Gasteiger partial charge is 0.338 e. The number of carbonyl (C=O) groups is 1. The second-order valence-electron chi connectivity index (χ2n) is 4.04. The Morgan fingerprint density at radius 1 is 1.38 bits per heavy atom. The van der Waals surface area contributed by atoms with Crippen LogP contribution in [0.1, 0.15) is 20.3 Å². The van der Waals surface area contributed by atoms with E-state index in [2.05, 4.69) is 40.4 Å². The molecule has 1 rings (SSSR count). The molecule has 0 radical (unpaired) electrons. The van der Waals surface area contributed by atoms with Gasteiger partial charge in [0.15, 0.2) is 0 Å². The maximum Gasteiger partial charge on any atom is 0.319 e. The predicted molar refractivity (Wildman–Crippen MR) is 70.6 cm³/mol. The van der Waals surface area contributed by atoms with Gasteiger partial charge in [-0.05, 0) is 40.4 Å². The van der Waals surface area contributed by atoms with E-state index < -0.39 is 0 Å². The summed E-state index contributed by atoms with van der Waals surface area (Å²) >= 11 is 3.37. The fraction of sp³-hybridized carbons (Fsp3) is 0.417. The highest BCUT2D eigenvalue weighted by molar-refractivity contribution is 9.10. The summed E-state index contributed by atoms with van der Waals surface area (Å²) in [5, 5.41) is 5.61. The molecule has 0 fully saturated rings. The second-order valence-corrected chi connectivity index (χ2v) is 4.90. The highest BCUT2D eigenvalue weighted by Crippen LogP contribution is 2.20. The zero-order valence-electron chi connectivity index (χ0n) is 9.59. The molecular formula is C12H17BrN2O. The maximum absolute atomic E-state index is 11.5. The summed E-state index contributed by atoms with van der Waals surface area (Å²) in [6, 6.07) is 7.38. The summed E-state index contributed by atoms with van der Waals surface area (Å²) in [7, 11) is 0. The number of benzene rings is 1. The Balaban J connectivity index is 2.37. The molecule has 0 unspecified atom stereocenters. The van der Waals surface area contributed by atoms with E-state index in [1.807, 2.05) is 24.3 Å². The predicted octanol–water partition coefficient (Wildman–Crippen LogP) is 3.62. The molecule has 1 aromatic carbocycles. The van der Waals surface area contributed by atoms with E-state index in [1.165, 1.54) is 0 Å². The van der Waals surface area contributed by atoms with Crippen LogP contribution >= 0.6 is 15.9 Å². The fourth-order valence-electron chi connectivity index (χ4n) is 1.20. The van der Waals surface area contributed by atoms with Crippen LogP contribution in [0.15, 0.2) is 28.7 Å². The highest BCUT2D eigenvalue weighted by atomic mass is 79.9. The van der Waals surface area contributed by atoms with E-state index in [4.69, 9.17) is 0 Å². The van der Waals surface area contributed by atoms with Crippen molar-refractivity contribution in [1.82, 2.24) is 5.32 Å². The molecule has 1 aromatic rings. The third-order valence-corrected chi connectivity index (χ3v) is 2.82. The van der Waals surface area contributed by atoms with Crippen LogP contribution < -0.4 is 10.6 Å². The number of rotatable bonds is 4. The van der Waals surface area contributed by atoms with Gasteiger partial charge < -0.3 is 10.6 Å². The van der Waals surface area contributed by atoms with Crippen molar-refractivity contribution in [2.45, 2.75) is 20.3 Å². The van der Waals surface area contributed by atoms with Gasteiger partial charge in [0.05, 0.1) is 5.69 Å². The Morgan fingerprint density at radius 2 is 2.06 bits per heavy atom. The van der Waals surface area contributed by atoms with Crippen molar-refractivity contribution < 1.29 is 4.79 Å². The smallest absolute Gasteiger partial charge is 0.319 e. The number of nitrogens with one attached hydrogen (secondary N) is 2. The quantitative estimate of drug-likeness (QED) is 0.871. The molecule has 0 bridgehead atoms. The zero-order chi connectivity index (χ0) is 12.0. The average Bonchev–Trinajstić information content (AvgIpc) is 2.21. The van der Waals surface area contributed by atoms with Gasteiger partial charge >= 0.3 is 6.03 Å². The summed E-state index contributed by atoms with van der Waals surface area (Å²) in [6.45, 7) is 4.97. The number of para-hydroxylation sites is 1. The van der Waals surface area contributed by atoms with E-state index >= 15 is 0 Å². The van der Waals surface area contributed by atoms with Gasteiger partial charge in [0.25, 0.3) is 0 Å². The Kier molecular flexibility index (Phi) is 5.32. The number of amides is 2. The van der Waals surface area contributed by atoms with E-state index in [-0.39, 0.29) is 6.03 Å². The minimum absolute atomic E-state index is 0.160. The molecule has 0 aliphatic carbocycles. The van der Waals surface area contributed by atoms with Crippen LogP contribution in [0.5, 0.6) is 0 Å². The van der Waals surface area contributed by atoms with Gasteiger partial charge in [-0.15, -0.1) is 0 Å². The van der Waals surface area contributed by atoms with Crippen molar-refractivity contribution in [3.8, 4) is 0 Å². The van der Waals surface area contributed by atoms with Gasteiger partial charge in [-0.2, -0.15) is 0 Å². The molecule has 0 aromatic heterocycles. The first kappa shape index (κ1) is 13.0. The Labute approximate surface area is 105 Å². The minimum atomic E-state index is -0.160. The first-order valence-electron chi connectivity index (χ1n) is 5.39. The average molecular weight is 285 g/mol. The Hall–Kier alpha value is -1.03. The Bertz CT molecular complexity index is 353. The maximum atomic E-state index is 11.5. The highest BCUT2D eigenvalue weighted by Gasteiger charge is 2.03. The number of anilines is 1. The number of carbonyl (C=O) groups excluding carboxylic acids is 1. The summed E-state index contributed by atoms with van der Waals surface area (Å²) in [4.78, 5) is 11.5. The van der Waals surface area contributed by atoms with Crippen molar-refractivity contribution in [2.75, 3.05) is 11.9 Å². The molecule has 2 N–H and O–H groups in total. The molecular weight excluding hydrogens is 268 g/mol. The van der Waals surface area contributed by atoms with Crippen molar-refractivity contribution in [3.63, 3.8) is 0 Å². The molecule has 0 saturated heterocycles. The Morgan fingerprint density at radius 3 is 2.69 bits per heavy atom. The van der Waals surface area contributed by atoms with Crippen LogP contribution in [-0.4, -0.2) is 12.6 Å². The van der Waals surface area contributed by atoms with Gasteiger partial charge in [0.2, 0.25) is 0 Å². The molecule has 3 nitrogen and oxygen atoms in total. The monoisotopic (exact) mass is 284 g/mol. The molecule has 0 saturated carbocycles. The minimum Gasteiger partial charge on any atom is -0.338 e. The number of hydrogen-bond acceptors (Lipinski definition) is 1. The van der Waals surface area contributed by atoms with Gasteiger partial charge in [-0.25, -0.2) is 4.79 Å². The topological polar surface area (TPSA) is 41.1 Å². The van der Waals surface area contributed by atoms with Gasteiger partial charge in [-0.3, -0.25) is 0 Å². The van der Waals surface area contributed by atoms with Crippen molar-refractivity contribution in [1.29, 1.82) is 0 Å². The molecule has 2 amide bonds. The van der Waals surface area contributed by atoms with E-state index in [9.17, 15) is 4.79 Å². The van der Waals surface area contributed by atoms with E-state index in [0.29, 0.717) is 12.5 Å². The molecule has 0 aliphatic rings.